The Balaban J connectivity index is 2.46. The number of nitrogens with two attached hydrogens (primary N) is 1. The van der Waals surface area contributed by atoms with Crippen LogP contribution >= 0.6 is 0 Å². The van der Waals surface area contributed by atoms with Crippen LogP contribution in [0.25, 0.3) is 0 Å². The molecule has 0 saturated heterocycles. The van der Waals surface area contributed by atoms with E-state index in [1.165, 1.54) is 24.5 Å². The highest BCUT2D eigenvalue weighted by Crippen LogP contribution is 2.32. The smallest absolute Gasteiger partial charge is 0.242 e. The second kappa shape index (κ2) is 6.37. The largest absolute Gasteiger partial charge is 0.397 e. The van der Waals surface area contributed by atoms with Crippen LogP contribution in [0.15, 0.2) is 53.4 Å². The third kappa shape index (κ3) is 3.08. The minimum Gasteiger partial charge on any atom is -0.397 e. The first-order valence-electron chi connectivity index (χ1n) is 7.02. The van der Waals surface area contributed by atoms with Crippen LogP contribution in [0.1, 0.15) is 6.92 Å². The normalized spacial score (nSPS) is 11.6. The molecule has 0 bridgehead atoms. The molecule has 0 saturated carbocycles. The molecule has 118 valence electrons. The van der Waals surface area contributed by atoms with Crippen molar-refractivity contribution in [2.75, 3.05) is 31.3 Å². The van der Waals surface area contributed by atoms with E-state index in [1.807, 2.05) is 42.2 Å². The summed E-state index contributed by atoms with van der Waals surface area (Å²) in [6, 6.07) is 14.7. The third-order valence-electron chi connectivity index (χ3n) is 3.45. The maximum atomic E-state index is 12.2. The molecule has 6 heteroatoms. The fourth-order valence-electron chi connectivity index (χ4n) is 2.25. The average Bonchev–Trinajstić information content (AvgIpc) is 2.50. The number of nitrogen functional groups attached to an aromatic ring is 1. The van der Waals surface area contributed by atoms with E-state index in [2.05, 4.69) is 0 Å². The molecule has 0 unspecified atom stereocenters. The lowest BCUT2D eigenvalue weighted by Gasteiger charge is -2.25. The number of sulfonamides is 1. The van der Waals surface area contributed by atoms with Crippen molar-refractivity contribution in [2.24, 2.45) is 0 Å². The lowest BCUT2D eigenvalue weighted by atomic mass is 10.2. The lowest BCUT2D eigenvalue weighted by molar-refractivity contribution is 0.521. The Kier molecular flexibility index (Phi) is 4.73. The molecule has 5 nitrogen and oxygen atoms in total. The average molecular weight is 319 g/mol. The minimum atomic E-state index is -3.48. The summed E-state index contributed by atoms with van der Waals surface area (Å²) in [5, 5.41) is 0. The van der Waals surface area contributed by atoms with Crippen LogP contribution in [0.4, 0.5) is 17.1 Å². The fourth-order valence-corrected chi connectivity index (χ4v) is 3.19. The highest BCUT2D eigenvalue weighted by Gasteiger charge is 2.19. The predicted octanol–water partition coefficient (Wildman–Crippen LogP) is 2.68. The minimum absolute atomic E-state index is 0.197. The van der Waals surface area contributed by atoms with Crippen molar-refractivity contribution in [3.63, 3.8) is 0 Å². The molecule has 0 aliphatic carbocycles. The Morgan fingerprint density at radius 2 is 1.68 bits per heavy atom. The molecule has 0 spiro atoms. The van der Waals surface area contributed by atoms with Gasteiger partial charge in [-0.15, -0.1) is 0 Å². The molecule has 2 rings (SSSR count). The Labute approximate surface area is 132 Å². The molecule has 0 aromatic heterocycles. The van der Waals surface area contributed by atoms with E-state index < -0.39 is 10.0 Å². The van der Waals surface area contributed by atoms with E-state index in [9.17, 15) is 8.42 Å². The van der Waals surface area contributed by atoms with Crippen LogP contribution in [0, 0.1) is 0 Å². The maximum Gasteiger partial charge on any atom is 0.242 e. The van der Waals surface area contributed by atoms with Crippen molar-refractivity contribution in [2.45, 2.75) is 11.8 Å². The van der Waals surface area contributed by atoms with Crippen LogP contribution in [0.3, 0.4) is 0 Å². The van der Waals surface area contributed by atoms with Crippen molar-refractivity contribution in [3.8, 4) is 0 Å². The first-order chi connectivity index (χ1) is 10.4. The summed E-state index contributed by atoms with van der Waals surface area (Å²) in [6.07, 6.45) is 0. The Bertz CT molecular complexity index is 743. The van der Waals surface area contributed by atoms with E-state index >= 15 is 0 Å². The standard InChI is InChI=1S/C16H21N3O2S/c1-4-19(13-8-6-5-7-9-13)16-11-10-14(12-15(16)17)22(20,21)18(2)3/h5-12H,4,17H2,1-3H3. The molecule has 0 fully saturated rings. The van der Waals surface area contributed by atoms with Gasteiger partial charge in [-0.2, -0.15) is 0 Å². The predicted molar refractivity (Wildman–Crippen MR) is 90.8 cm³/mol. The van der Waals surface area contributed by atoms with Gasteiger partial charge in [0.1, 0.15) is 0 Å². The van der Waals surface area contributed by atoms with Crippen LogP contribution in [-0.2, 0) is 10.0 Å². The summed E-state index contributed by atoms with van der Waals surface area (Å²) < 4.78 is 25.5. The number of nitrogens with zero attached hydrogens (tertiary/aromatic N) is 2. The van der Waals surface area contributed by atoms with Gasteiger partial charge in [0.15, 0.2) is 0 Å². The summed E-state index contributed by atoms with van der Waals surface area (Å²) in [7, 11) is -0.475. The van der Waals surface area contributed by atoms with Crippen LogP contribution in [0.2, 0.25) is 0 Å². The summed E-state index contributed by atoms with van der Waals surface area (Å²) in [5.41, 5.74) is 8.36. The molecular weight excluding hydrogens is 298 g/mol. The van der Waals surface area contributed by atoms with Gasteiger partial charge in [0.05, 0.1) is 16.3 Å². The zero-order valence-electron chi connectivity index (χ0n) is 13.0. The van der Waals surface area contributed by atoms with Gasteiger partial charge >= 0.3 is 0 Å². The molecule has 2 aromatic rings. The number of anilines is 3. The van der Waals surface area contributed by atoms with E-state index in [4.69, 9.17) is 5.73 Å². The van der Waals surface area contributed by atoms with Crippen molar-refractivity contribution < 1.29 is 8.42 Å². The molecule has 0 amide bonds. The Morgan fingerprint density at radius 3 is 2.18 bits per heavy atom. The van der Waals surface area contributed by atoms with Crippen molar-refractivity contribution in [1.29, 1.82) is 0 Å². The topological polar surface area (TPSA) is 66.6 Å². The zero-order valence-corrected chi connectivity index (χ0v) is 13.8. The molecule has 0 aliphatic heterocycles. The van der Waals surface area contributed by atoms with Gasteiger partial charge in [-0.1, -0.05) is 18.2 Å². The van der Waals surface area contributed by atoms with E-state index in [-0.39, 0.29) is 4.90 Å². The van der Waals surface area contributed by atoms with Crippen molar-refractivity contribution >= 4 is 27.1 Å². The highest BCUT2D eigenvalue weighted by atomic mass is 32.2. The van der Waals surface area contributed by atoms with Gasteiger partial charge in [-0.05, 0) is 37.3 Å². The van der Waals surface area contributed by atoms with Crippen LogP contribution in [0.5, 0.6) is 0 Å². The van der Waals surface area contributed by atoms with Crippen molar-refractivity contribution in [1.82, 2.24) is 4.31 Å². The van der Waals surface area contributed by atoms with Crippen molar-refractivity contribution in [3.05, 3.63) is 48.5 Å². The number of hydrogen-bond acceptors (Lipinski definition) is 4. The number of para-hydroxylation sites is 1. The molecule has 0 aliphatic rings. The number of rotatable bonds is 5. The summed E-state index contributed by atoms with van der Waals surface area (Å²) >= 11 is 0. The van der Waals surface area contributed by atoms with Gasteiger partial charge in [-0.25, -0.2) is 12.7 Å². The molecule has 0 atom stereocenters. The van der Waals surface area contributed by atoms with Gasteiger partial charge in [0.2, 0.25) is 10.0 Å². The Morgan fingerprint density at radius 1 is 1.05 bits per heavy atom. The van der Waals surface area contributed by atoms with Gasteiger partial charge in [0, 0.05) is 26.3 Å². The van der Waals surface area contributed by atoms with Crippen LogP contribution in [-0.4, -0.2) is 33.4 Å². The molecule has 2 aromatic carbocycles. The van der Waals surface area contributed by atoms with Crippen LogP contribution < -0.4 is 10.6 Å². The monoisotopic (exact) mass is 319 g/mol. The molecular formula is C16H21N3O2S. The highest BCUT2D eigenvalue weighted by molar-refractivity contribution is 7.89. The number of benzene rings is 2. The summed E-state index contributed by atoms with van der Waals surface area (Å²) in [6.45, 7) is 2.75. The van der Waals surface area contributed by atoms with Gasteiger partial charge in [-0.3, -0.25) is 0 Å². The van der Waals surface area contributed by atoms with E-state index in [0.29, 0.717) is 5.69 Å². The first-order valence-corrected chi connectivity index (χ1v) is 8.46. The molecule has 0 radical (unpaired) electrons. The SMILES string of the molecule is CCN(c1ccccc1)c1ccc(S(=O)(=O)N(C)C)cc1N. The maximum absolute atomic E-state index is 12.2. The molecule has 0 heterocycles. The first kappa shape index (κ1) is 16.3. The van der Waals surface area contributed by atoms with Gasteiger partial charge in [0.25, 0.3) is 0 Å². The molecule has 2 N–H and O–H groups in total. The second-order valence-electron chi connectivity index (χ2n) is 5.09. The summed E-state index contributed by atoms with van der Waals surface area (Å²) in [5.74, 6) is 0. The quantitative estimate of drug-likeness (QED) is 0.861. The van der Waals surface area contributed by atoms with Gasteiger partial charge < -0.3 is 10.6 Å². The third-order valence-corrected chi connectivity index (χ3v) is 5.26. The van der Waals surface area contributed by atoms with E-state index in [1.54, 1.807) is 12.1 Å². The molecule has 22 heavy (non-hydrogen) atoms. The Hall–Kier alpha value is -2.05. The summed E-state index contributed by atoms with van der Waals surface area (Å²) in [4.78, 5) is 2.24. The zero-order chi connectivity index (χ0) is 16.3. The van der Waals surface area contributed by atoms with E-state index in [0.717, 1.165) is 17.9 Å². The second-order valence-corrected chi connectivity index (χ2v) is 7.24. The fraction of sp³-hybridized carbons (Fsp3) is 0.250. The lowest BCUT2D eigenvalue weighted by Crippen LogP contribution is -2.23. The number of hydrogen-bond donors (Lipinski definition) is 1.